The lowest BCUT2D eigenvalue weighted by molar-refractivity contribution is 0.626. The molecule has 0 aliphatic rings. The third-order valence-electron chi connectivity index (χ3n) is 2.57. The molecule has 2 nitrogen and oxygen atoms in total. The first-order chi connectivity index (χ1) is 8.95. The second-order valence-corrected chi connectivity index (χ2v) is 4.64. The molecule has 2 aromatic carbocycles. The zero-order valence-corrected chi connectivity index (χ0v) is 11.0. The Morgan fingerprint density at radius 1 is 1.11 bits per heavy atom. The van der Waals surface area contributed by atoms with Crippen LogP contribution in [0.1, 0.15) is 11.1 Å². The highest BCUT2D eigenvalue weighted by Gasteiger charge is 2.08. The first-order valence-electron chi connectivity index (χ1n) is 5.59. The molecule has 0 bridgehead atoms. The Balaban J connectivity index is 2.40. The van der Waals surface area contributed by atoms with Gasteiger partial charge in [0.1, 0.15) is 16.6 Å². The SMILES string of the molecule is Cc1cc(F)cc(Nc2ccc(F)cc2C(N)=S)c1. The number of hydrogen-bond acceptors (Lipinski definition) is 2. The van der Waals surface area contributed by atoms with E-state index in [1.165, 1.54) is 30.3 Å². The fourth-order valence-corrected chi connectivity index (χ4v) is 1.96. The van der Waals surface area contributed by atoms with Gasteiger partial charge >= 0.3 is 0 Å². The van der Waals surface area contributed by atoms with Crippen molar-refractivity contribution in [3.63, 3.8) is 0 Å². The van der Waals surface area contributed by atoms with Crippen LogP contribution < -0.4 is 11.1 Å². The smallest absolute Gasteiger partial charge is 0.125 e. The molecule has 0 fully saturated rings. The van der Waals surface area contributed by atoms with Crippen molar-refractivity contribution >= 4 is 28.6 Å². The summed E-state index contributed by atoms with van der Waals surface area (Å²) in [6, 6.07) is 8.59. The van der Waals surface area contributed by atoms with Crippen LogP contribution in [-0.2, 0) is 0 Å². The summed E-state index contributed by atoms with van der Waals surface area (Å²) in [6.07, 6.45) is 0. The van der Waals surface area contributed by atoms with Crippen LogP contribution in [0.5, 0.6) is 0 Å². The van der Waals surface area contributed by atoms with Crippen molar-refractivity contribution in [3.8, 4) is 0 Å². The average Bonchev–Trinajstić information content (AvgIpc) is 2.30. The highest BCUT2D eigenvalue weighted by atomic mass is 32.1. The van der Waals surface area contributed by atoms with Gasteiger partial charge in [-0.15, -0.1) is 0 Å². The molecule has 0 aromatic heterocycles. The Morgan fingerprint density at radius 2 is 1.84 bits per heavy atom. The first-order valence-corrected chi connectivity index (χ1v) is 6.00. The summed E-state index contributed by atoms with van der Waals surface area (Å²) in [7, 11) is 0. The standard InChI is InChI=1S/C14H12F2N2S/c1-8-4-10(16)6-11(5-8)18-13-3-2-9(15)7-12(13)14(17)19/h2-7,18H,1H3,(H2,17,19). The summed E-state index contributed by atoms with van der Waals surface area (Å²) in [6.45, 7) is 1.79. The van der Waals surface area contributed by atoms with Gasteiger partial charge in [0.2, 0.25) is 0 Å². The van der Waals surface area contributed by atoms with E-state index in [1.807, 2.05) is 0 Å². The van der Waals surface area contributed by atoms with Crippen molar-refractivity contribution in [1.29, 1.82) is 0 Å². The third-order valence-corrected chi connectivity index (χ3v) is 2.79. The number of hydrogen-bond donors (Lipinski definition) is 2. The Hall–Kier alpha value is -2.01. The van der Waals surface area contributed by atoms with Gasteiger partial charge < -0.3 is 11.1 Å². The third kappa shape index (κ3) is 3.26. The van der Waals surface area contributed by atoms with E-state index in [9.17, 15) is 8.78 Å². The number of thiocarbonyl (C=S) groups is 1. The molecule has 3 N–H and O–H groups in total. The highest BCUT2D eigenvalue weighted by Crippen LogP contribution is 2.23. The molecule has 0 atom stereocenters. The van der Waals surface area contributed by atoms with E-state index >= 15 is 0 Å². The molecule has 0 amide bonds. The Morgan fingerprint density at radius 3 is 2.47 bits per heavy atom. The second-order valence-electron chi connectivity index (χ2n) is 4.20. The molecule has 0 saturated heterocycles. The summed E-state index contributed by atoms with van der Waals surface area (Å²) < 4.78 is 26.5. The van der Waals surface area contributed by atoms with Gasteiger partial charge in [-0.1, -0.05) is 12.2 Å². The van der Waals surface area contributed by atoms with Gasteiger partial charge in [-0.05, 0) is 48.9 Å². The molecule has 0 radical (unpaired) electrons. The monoisotopic (exact) mass is 278 g/mol. The lowest BCUT2D eigenvalue weighted by Gasteiger charge is -2.12. The van der Waals surface area contributed by atoms with Gasteiger partial charge in [-0.3, -0.25) is 0 Å². The summed E-state index contributed by atoms with van der Waals surface area (Å²) in [5, 5.41) is 2.99. The number of rotatable bonds is 3. The van der Waals surface area contributed by atoms with Gasteiger partial charge in [0, 0.05) is 16.9 Å². The van der Waals surface area contributed by atoms with Gasteiger partial charge in [0.25, 0.3) is 0 Å². The van der Waals surface area contributed by atoms with E-state index in [2.05, 4.69) is 5.32 Å². The van der Waals surface area contributed by atoms with E-state index in [-0.39, 0.29) is 10.8 Å². The number of aryl methyl sites for hydroxylation is 1. The van der Waals surface area contributed by atoms with Gasteiger partial charge in [0.15, 0.2) is 0 Å². The van der Waals surface area contributed by atoms with Crippen LogP contribution >= 0.6 is 12.2 Å². The molecular formula is C14H12F2N2S. The van der Waals surface area contributed by atoms with E-state index < -0.39 is 5.82 Å². The predicted octanol–water partition coefficient (Wildman–Crippen LogP) is 3.65. The van der Waals surface area contributed by atoms with Crippen LogP contribution in [0.2, 0.25) is 0 Å². The van der Waals surface area contributed by atoms with E-state index in [0.29, 0.717) is 16.9 Å². The molecule has 0 aliphatic heterocycles. The summed E-state index contributed by atoms with van der Waals surface area (Å²) >= 11 is 4.87. The maximum absolute atomic E-state index is 13.3. The molecule has 0 saturated carbocycles. The first kappa shape index (κ1) is 13.4. The van der Waals surface area contributed by atoms with Crippen molar-refractivity contribution in [3.05, 3.63) is 59.2 Å². The minimum Gasteiger partial charge on any atom is -0.389 e. The Kier molecular flexibility index (Phi) is 3.76. The second kappa shape index (κ2) is 5.32. The summed E-state index contributed by atoms with van der Waals surface area (Å²) in [5.74, 6) is -0.773. The van der Waals surface area contributed by atoms with Crippen LogP contribution in [0.4, 0.5) is 20.2 Å². The topological polar surface area (TPSA) is 38.0 Å². The molecule has 0 aliphatic carbocycles. The summed E-state index contributed by atoms with van der Waals surface area (Å²) in [4.78, 5) is 0.0788. The number of benzene rings is 2. The van der Waals surface area contributed by atoms with Gasteiger partial charge in [-0.2, -0.15) is 0 Å². The molecule has 0 unspecified atom stereocenters. The molecule has 5 heteroatoms. The van der Waals surface area contributed by atoms with Crippen LogP contribution in [0.3, 0.4) is 0 Å². The van der Waals surface area contributed by atoms with Crippen molar-refractivity contribution in [2.24, 2.45) is 5.73 Å². The largest absolute Gasteiger partial charge is 0.389 e. The molecule has 0 heterocycles. The van der Waals surface area contributed by atoms with Gasteiger partial charge in [-0.25, -0.2) is 8.78 Å². The molecular weight excluding hydrogens is 266 g/mol. The van der Waals surface area contributed by atoms with Gasteiger partial charge in [0.05, 0.1) is 0 Å². The van der Waals surface area contributed by atoms with E-state index in [0.717, 1.165) is 5.56 Å². The molecule has 2 rings (SSSR count). The lowest BCUT2D eigenvalue weighted by Crippen LogP contribution is -2.12. The predicted molar refractivity (Wildman–Crippen MR) is 76.7 cm³/mol. The van der Waals surface area contributed by atoms with Crippen LogP contribution in [0.15, 0.2) is 36.4 Å². The maximum atomic E-state index is 13.3. The Bertz CT molecular complexity index is 621. The maximum Gasteiger partial charge on any atom is 0.125 e. The van der Waals surface area contributed by atoms with Crippen LogP contribution in [0, 0.1) is 18.6 Å². The quantitative estimate of drug-likeness (QED) is 0.842. The zero-order chi connectivity index (χ0) is 14.0. The number of anilines is 2. The normalized spacial score (nSPS) is 10.3. The van der Waals surface area contributed by atoms with Crippen molar-refractivity contribution < 1.29 is 8.78 Å². The van der Waals surface area contributed by atoms with E-state index in [4.69, 9.17) is 18.0 Å². The molecule has 0 spiro atoms. The van der Waals surface area contributed by atoms with Crippen molar-refractivity contribution in [2.75, 3.05) is 5.32 Å². The fourth-order valence-electron chi connectivity index (χ4n) is 1.79. The van der Waals surface area contributed by atoms with Crippen LogP contribution in [0.25, 0.3) is 0 Å². The van der Waals surface area contributed by atoms with E-state index in [1.54, 1.807) is 13.0 Å². The Labute approximate surface area is 115 Å². The molecule has 19 heavy (non-hydrogen) atoms. The van der Waals surface area contributed by atoms with Crippen molar-refractivity contribution in [2.45, 2.75) is 6.92 Å². The zero-order valence-electron chi connectivity index (χ0n) is 10.2. The number of nitrogens with one attached hydrogen (secondary N) is 1. The minimum absolute atomic E-state index is 0.0788. The average molecular weight is 278 g/mol. The number of halogens is 2. The lowest BCUT2D eigenvalue weighted by atomic mass is 10.1. The number of nitrogens with two attached hydrogens (primary N) is 1. The molecule has 98 valence electrons. The minimum atomic E-state index is -0.427. The summed E-state index contributed by atoms with van der Waals surface area (Å²) in [5.41, 5.74) is 7.81. The highest BCUT2D eigenvalue weighted by molar-refractivity contribution is 7.80. The van der Waals surface area contributed by atoms with Crippen LogP contribution in [-0.4, -0.2) is 4.99 Å². The fraction of sp³-hybridized carbons (Fsp3) is 0.0714. The van der Waals surface area contributed by atoms with Crippen molar-refractivity contribution in [1.82, 2.24) is 0 Å². The molecule has 2 aromatic rings.